The highest BCUT2D eigenvalue weighted by Crippen LogP contribution is 2.39. The molecule has 158 valence electrons. The molecule has 1 aliphatic heterocycles. The molecule has 0 saturated carbocycles. The zero-order valence-electron chi connectivity index (χ0n) is 17.2. The van der Waals surface area contributed by atoms with Crippen LogP contribution in [0.1, 0.15) is 5.56 Å². The van der Waals surface area contributed by atoms with Crippen molar-refractivity contribution < 1.29 is 9.47 Å². The first-order valence-electron chi connectivity index (χ1n) is 10.2. The molecule has 1 aliphatic rings. The highest BCUT2D eigenvalue weighted by Gasteiger charge is 2.18. The first-order valence-corrected chi connectivity index (χ1v) is 10.2. The lowest BCUT2D eigenvalue weighted by molar-refractivity contribution is 0.327. The molecular formula is C23H19N7O2. The smallest absolute Gasteiger partial charge is 0.158 e. The number of benzene rings is 2. The first-order chi connectivity index (χ1) is 15.7. The molecule has 0 atom stereocenters. The number of rotatable bonds is 4. The lowest BCUT2D eigenvalue weighted by atomic mass is 10.1. The number of hydrogen-bond donors (Lipinski definition) is 2. The minimum Gasteiger partial charge on any atom is -0.489 e. The average molecular weight is 425 g/mol. The predicted molar refractivity (Wildman–Crippen MR) is 121 cm³/mol. The van der Waals surface area contributed by atoms with Crippen molar-refractivity contribution in [1.29, 1.82) is 0 Å². The van der Waals surface area contributed by atoms with Crippen molar-refractivity contribution >= 4 is 33.7 Å². The molecule has 9 nitrogen and oxygen atoms in total. The Bertz CT molecular complexity index is 1460. The second-order valence-corrected chi connectivity index (χ2v) is 7.47. The molecule has 0 amide bonds. The molecule has 0 bridgehead atoms. The monoisotopic (exact) mass is 425 g/mol. The van der Waals surface area contributed by atoms with Crippen LogP contribution in [0, 0.1) is 6.92 Å². The van der Waals surface area contributed by atoms with E-state index in [1.807, 2.05) is 55.6 Å². The number of pyridine rings is 1. The standard InChI is InChI=1S/C23H19N7O2/c1-14-10-15(2-5-19(14)32-16-6-8-30-20(11-16)26-13-28-30)29-23-21-17(25-12-27-23)3-4-18-22(21)31-9-7-24-18/h2-6,8,10-13,24H,7,9H2,1H3,(H,25,27,29). The maximum absolute atomic E-state index is 6.07. The van der Waals surface area contributed by atoms with Gasteiger partial charge in [0.25, 0.3) is 0 Å². The molecule has 0 spiro atoms. The fraction of sp³-hybridized carbons (Fsp3) is 0.130. The van der Waals surface area contributed by atoms with Crippen molar-refractivity contribution in [2.75, 3.05) is 23.8 Å². The van der Waals surface area contributed by atoms with E-state index in [-0.39, 0.29) is 0 Å². The van der Waals surface area contributed by atoms with Gasteiger partial charge in [0.05, 0.1) is 16.6 Å². The summed E-state index contributed by atoms with van der Waals surface area (Å²) in [5.74, 6) is 2.93. The summed E-state index contributed by atoms with van der Waals surface area (Å²) in [6.07, 6.45) is 4.89. The predicted octanol–water partition coefficient (Wildman–Crippen LogP) is 4.32. The molecule has 0 aliphatic carbocycles. The number of nitrogens with one attached hydrogen (secondary N) is 2. The van der Waals surface area contributed by atoms with Crippen LogP contribution in [0.2, 0.25) is 0 Å². The second kappa shape index (κ2) is 7.38. The van der Waals surface area contributed by atoms with Crippen molar-refractivity contribution in [2.24, 2.45) is 0 Å². The highest BCUT2D eigenvalue weighted by atomic mass is 16.5. The Hall–Kier alpha value is -4.40. The summed E-state index contributed by atoms with van der Waals surface area (Å²) in [4.78, 5) is 13.1. The summed E-state index contributed by atoms with van der Waals surface area (Å²) in [7, 11) is 0. The number of aromatic nitrogens is 5. The van der Waals surface area contributed by atoms with Crippen LogP contribution in [-0.2, 0) is 0 Å². The number of ether oxygens (including phenoxy) is 2. The maximum Gasteiger partial charge on any atom is 0.158 e. The molecule has 0 unspecified atom stereocenters. The van der Waals surface area contributed by atoms with Gasteiger partial charge in [-0.05, 0) is 48.9 Å². The molecule has 6 rings (SSSR count). The molecule has 3 aromatic heterocycles. The van der Waals surface area contributed by atoms with E-state index < -0.39 is 0 Å². The van der Waals surface area contributed by atoms with Gasteiger partial charge in [-0.2, -0.15) is 5.10 Å². The van der Waals surface area contributed by atoms with E-state index in [1.165, 1.54) is 6.33 Å². The van der Waals surface area contributed by atoms with Gasteiger partial charge in [-0.3, -0.25) is 0 Å². The van der Waals surface area contributed by atoms with Gasteiger partial charge < -0.3 is 20.1 Å². The minimum absolute atomic E-state index is 0.603. The molecular weight excluding hydrogens is 406 g/mol. The molecule has 0 saturated heterocycles. The van der Waals surface area contributed by atoms with Crippen LogP contribution in [-0.4, -0.2) is 37.7 Å². The van der Waals surface area contributed by atoms with Gasteiger partial charge in [0.2, 0.25) is 0 Å². The van der Waals surface area contributed by atoms with E-state index in [4.69, 9.17) is 9.47 Å². The number of anilines is 3. The Labute approximate surface area is 183 Å². The number of fused-ring (bicyclic) bond motifs is 4. The average Bonchev–Trinajstić information content (AvgIpc) is 3.29. The summed E-state index contributed by atoms with van der Waals surface area (Å²) in [5, 5.41) is 11.7. The van der Waals surface area contributed by atoms with Crippen LogP contribution in [0.4, 0.5) is 17.2 Å². The molecule has 5 aromatic rings. The van der Waals surface area contributed by atoms with E-state index >= 15 is 0 Å². The van der Waals surface area contributed by atoms with Crippen LogP contribution in [0.25, 0.3) is 16.6 Å². The Balaban J connectivity index is 1.31. The third kappa shape index (κ3) is 3.20. The summed E-state index contributed by atoms with van der Waals surface area (Å²) in [6, 6.07) is 13.6. The van der Waals surface area contributed by atoms with Crippen molar-refractivity contribution in [3.8, 4) is 17.2 Å². The van der Waals surface area contributed by atoms with Gasteiger partial charge in [0.15, 0.2) is 11.4 Å². The van der Waals surface area contributed by atoms with Gasteiger partial charge in [-0.25, -0.2) is 19.5 Å². The normalized spacial score (nSPS) is 12.8. The highest BCUT2D eigenvalue weighted by molar-refractivity contribution is 5.99. The lowest BCUT2D eigenvalue weighted by Gasteiger charge is -2.21. The Kier molecular flexibility index (Phi) is 4.24. The van der Waals surface area contributed by atoms with Crippen LogP contribution in [0.15, 0.2) is 61.3 Å². The van der Waals surface area contributed by atoms with Gasteiger partial charge in [0, 0.05) is 24.5 Å². The number of aryl methyl sites for hydroxylation is 1. The van der Waals surface area contributed by atoms with Crippen molar-refractivity contribution in [3.63, 3.8) is 0 Å². The van der Waals surface area contributed by atoms with E-state index in [9.17, 15) is 0 Å². The maximum atomic E-state index is 6.07. The molecule has 32 heavy (non-hydrogen) atoms. The van der Waals surface area contributed by atoms with Gasteiger partial charge in [0.1, 0.15) is 36.6 Å². The molecule has 4 heterocycles. The first kappa shape index (κ1) is 18.4. The van der Waals surface area contributed by atoms with Crippen LogP contribution in [0.3, 0.4) is 0 Å². The fourth-order valence-corrected chi connectivity index (χ4v) is 3.81. The van der Waals surface area contributed by atoms with Gasteiger partial charge in [-0.15, -0.1) is 0 Å². The largest absolute Gasteiger partial charge is 0.489 e. The Morgan fingerprint density at radius 1 is 1.06 bits per heavy atom. The minimum atomic E-state index is 0.603. The lowest BCUT2D eigenvalue weighted by Crippen LogP contribution is -2.18. The number of hydrogen-bond acceptors (Lipinski definition) is 8. The van der Waals surface area contributed by atoms with E-state index in [1.54, 1.807) is 10.8 Å². The van der Waals surface area contributed by atoms with Crippen molar-refractivity contribution in [3.05, 3.63) is 66.9 Å². The van der Waals surface area contributed by atoms with Gasteiger partial charge >= 0.3 is 0 Å². The van der Waals surface area contributed by atoms with Crippen molar-refractivity contribution in [2.45, 2.75) is 6.92 Å². The Morgan fingerprint density at radius 2 is 2.03 bits per heavy atom. The summed E-state index contributed by atoms with van der Waals surface area (Å²) in [5.41, 5.74) is 4.38. The summed E-state index contributed by atoms with van der Waals surface area (Å²) >= 11 is 0. The van der Waals surface area contributed by atoms with Crippen LogP contribution in [0.5, 0.6) is 17.2 Å². The molecule has 2 aromatic carbocycles. The molecule has 0 fully saturated rings. The third-order valence-electron chi connectivity index (χ3n) is 5.34. The zero-order valence-corrected chi connectivity index (χ0v) is 17.2. The van der Waals surface area contributed by atoms with Crippen molar-refractivity contribution in [1.82, 2.24) is 24.6 Å². The third-order valence-corrected chi connectivity index (χ3v) is 5.34. The molecule has 0 radical (unpaired) electrons. The second-order valence-electron chi connectivity index (χ2n) is 7.47. The quantitative estimate of drug-likeness (QED) is 0.439. The Morgan fingerprint density at radius 3 is 2.97 bits per heavy atom. The zero-order chi connectivity index (χ0) is 21.5. The summed E-state index contributed by atoms with van der Waals surface area (Å²) in [6.45, 7) is 3.38. The van der Waals surface area contributed by atoms with Crippen LogP contribution < -0.4 is 20.1 Å². The molecule has 9 heteroatoms. The van der Waals surface area contributed by atoms with Crippen LogP contribution >= 0.6 is 0 Å². The SMILES string of the molecule is Cc1cc(Nc2ncnc3ccc4c(c23)OCCN4)ccc1Oc1ccn2ncnc2c1. The fourth-order valence-electron chi connectivity index (χ4n) is 3.81. The van der Waals surface area contributed by atoms with E-state index in [2.05, 4.69) is 30.7 Å². The van der Waals surface area contributed by atoms with Gasteiger partial charge in [-0.1, -0.05) is 0 Å². The van der Waals surface area contributed by atoms with E-state index in [0.717, 1.165) is 51.5 Å². The van der Waals surface area contributed by atoms with E-state index in [0.29, 0.717) is 18.2 Å². The topological polar surface area (TPSA) is 98.5 Å². The molecule has 2 N–H and O–H groups in total. The number of nitrogens with zero attached hydrogens (tertiary/aromatic N) is 5. The summed E-state index contributed by atoms with van der Waals surface area (Å²) < 4.78 is 13.7.